The maximum Gasteiger partial charge on any atom is 0.0406 e. The van der Waals surface area contributed by atoms with Crippen LogP contribution >= 0.6 is 11.6 Å². The molecule has 21 heavy (non-hydrogen) atoms. The molecule has 1 N–H and O–H groups in total. The second-order valence-electron chi connectivity index (χ2n) is 5.92. The third-order valence-electron chi connectivity index (χ3n) is 3.98. The van der Waals surface area contributed by atoms with E-state index in [0.29, 0.717) is 12.1 Å². The van der Waals surface area contributed by atoms with Crippen molar-refractivity contribution in [3.63, 3.8) is 0 Å². The quantitative estimate of drug-likeness (QED) is 0.755. The van der Waals surface area contributed by atoms with Gasteiger partial charge in [0.15, 0.2) is 0 Å². The van der Waals surface area contributed by atoms with Crippen molar-refractivity contribution in [1.82, 2.24) is 15.1 Å². The smallest absolute Gasteiger partial charge is 0.0406 e. The molecular formula is C17H30ClN3. The van der Waals surface area contributed by atoms with E-state index in [2.05, 4.69) is 55.2 Å². The molecule has 0 amide bonds. The summed E-state index contributed by atoms with van der Waals surface area (Å²) in [5, 5.41) is 4.21. The summed E-state index contributed by atoms with van der Waals surface area (Å²) in [6.45, 7) is 7.83. The monoisotopic (exact) mass is 311 g/mol. The first-order valence-corrected chi connectivity index (χ1v) is 8.17. The average molecular weight is 312 g/mol. The van der Waals surface area contributed by atoms with Gasteiger partial charge >= 0.3 is 0 Å². The summed E-state index contributed by atoms with van der Waals surface area (Å²) < 4.78 is 0. The van der Waals surface area contributed by atoms with Gasteiger partial charge in [-0.15, -0.1) is 0 Å². The normalized spacial score (nSPS) is 14.7. The molecule has 0 fully saturated rings. The number of likely N-dealkylation sites (N-methyl/N-ethyl adjacent to an activating group) is 2. The van der Waals surface area contributed by atoms with Crippen LogP contribution in [0.1, 0.15) is 31.9 Å². The lowest BCUT2D eigenvalue weighted by molar-refractivity contribution is 0.174. The zero-order valence-electron chi connectivity index (χ0n) is 14.1. The molecule has 0 bridgehead atoms. The molecule has 0 aliphatic heterocycles. The molecule has 1 rings (SSSR count). The van der Waals surface area contributed by atoms with Crippen LogP contribution in [0.15, 0.2) is 24.3 Å². The van der Waals surface area contributed by atoms with Crippen molar-refractivity contribution >= 4 is 11.6 Å². The van der Waals surface area contributed by atoms with Crippen LogP contribution in [0.5, 0.6) is 0 Å². The summed E-state index contributed by atoms with van der Waals surface area (Å²) in [4.78, 5) is 4.79. The average Bonchev–Trinajstić information content (AvgIpc) is 2.44. The molecule has 1 aromatic carbocycles. The number of halogens is 1. The molecule has 2 atom stereocenters. The van der Waals surface area contributed by atoms with Crippen molar-refractivity contribution in [2.75, 3.05) is 40.8 Å². The fraction of sp³-hybridized carbons (Fsp3) is 0.647. The summed E-state index contributed by atoms with van der Waals surface area (Å²) >= 11 is 5.97. The van der Waals surface area contributed by atoms with Crippen LogP contribution in [0.4, 0.5) is 0 Å². The van der Waals surface area contributed by atoms with Gasteiger partial charge in [-0.25, -0.2) is 0 Å². The number of hydrogen-bond acceptors (Lipinski definition) is 3. The lowest BCUT2D eigenvalue weighted by Crippen LogP contribution is -2.41. The van der Waals surface area contributed by atoms with Gasteiger partial charge in [0, 0.05) is 30.2 Å². The molecule has 0 aromatic heterocycles. The number of nitrogens with one attached hydrogen (secondary N) is 1. The molecule has 0 saturated carbocycles. The summed E-state index contributed by atoms with van der Waals surface area (Å²) in [5.74, 6) is 0. The standard InChI is InChI=1S/C17H30ClN3/c1-6-21(14(2)13-20(4)5)12-11-17(19-3)15-7-9-16(18)10-8-15/h7-10,14,17,19H,6,11-13H2,1-5H3. The molecule has 4 heteroatoms. The Balaban J connectivity index is 2.58. The molecule has 120 valence electrons. The van der Waals surface area contributed by atoms with Crippen LogP contribution in [-0.2, 0) is 0 Å². The Bertz CT molecular complexity index is 392. The summed E-state index contributed by atoms with van der Waals surface area (Å²) in [7, 11) is 6.29. The highest BCUT2D eigenvalue weighted by Gasteiger charge is 2.16. The van der Waals surface area contributed by atoms with Gasteiger partial charge in [-0.1, -0.05) is 30.7 Å². The van der Waals surface area contributed by atoms with E-state index >= 15 is 0 Å². The molecule has 0 radical (unpaired) electrons. The highest BCUT2D eigenvalue weighted by atomic mass is 35.5. The zero-order chi connectivity index (χ0) is 15.8. The van der Waals surface area contributed by atoms with Crippen LogP contribution in [0, 0.1) is 0 Å². The van der Waals surface area contributed by atoms with Gasteiger partial charge in [0.2, 0.25) is 0 Å². The first-order valence-electron chi connectivity index (χ1n) is 7.79. The lowest BCUT2D eigenvalue weighted by Gasteiger charge is -2.31. The van der Waals surface area contributed by atoms with Crippen LogP contribution in [0.2, 0.25) is 5.02 Å². The van der Waals surface area contributed by atoms with E-state index < -0.39 is 0 Å². The largest absolute Gasteiger partial charge is 0.313 e. The molecule has 1 aromatic rings. The van der Waals surface area contributed by atoms with Gasteiger partial charge in [-0.2, -0.15) is 0 Å². The zero-order valence-corrected chi connectivity index (χ0v) is 14.8. The Morgan fingerprint density at radius 3 is 2.29 bits per heavy atom. The van der Waals surface area contributed by atoms with E-state index in [4.69, 9.17) is 11.6 Å². The topological polar surface area (TPSA) is 18.5 Å². The van der Waals surface area contributed by atoms with Crippen molar-refractivity contribution in [3.8, 4) is 0 Å². The minimum absolute atomic E-state index is 0.378. The highest BCUT2D eigenvalue weighted by Crippen LogP contribution is 2.19. The van der Waals surface area contributed by atoms with Crippen molar-refractivity contribution in [2.45, 2.75) is 32.4 Å². The molecular weight excluding hydrogens is 282 g/mol. The van der Waals surface area contributed by atoms with E-state index in [1.54, 1.807) is 0 Å². The summed E-state index contributed by atoms with van der Waals surface area (Å²) in [5.41, 5.74) is 1.30. The van der Waals surface area contributed by atoms with Gasteiger partial charge in [-0.05, 0) is 58.7 Å². The third-order valence-corrected chi connectivity index (χ3v) is 4.24. The summed E-state index contributed by atoms with van der Waals surface area (Å²) in [6, 6.07) is 9.11. The molecule has 0 spiro atoms. The van der Waals surface area contributed by atoms with E-state index in [1.165, 1.54) is 5.56 Å². The highest BCUT2D eigenvalue weighted by molar-refractivity contribution is 6.30. The third kappa shape index (κ3) is 6.35. The van der Waals surface area contributed by atoms with Crippen molar-refractivity contribution in [1.29, 1.82) is 0 Å². The number of rotatable bonds is 9. The minimum Gasteiger partial charge on any atom is -0.313 e. The lowest BCUT2D eigenvalue weighted by atomic mass is 10.0. The van der Waals surface area contributed by atoms with Crippen molar-refractivity contribution < 1.29 is 0 Å². The van der Waals surface area contributed by atoms with Gasteiger partial charge in [0.25, 0.3) is 0 Å². The second-order valence-corrected chi connectivity index (χ2v) is 6.36. The number of hydrogen-bond donors (Lipinski definition) is 1. The molecule has 0 aliphatic carbocycles. The Morgan fingerprint density at radius 1 is 1.19 bits per heavy atom. The number of benzene rings is 1. The van der Waals surface area contributed by atoms with Gasteiger partial charge < -0.3 is 10.2 Å². The van der Waals surface area contributed by atoms with Crippen LogP contribution in [0.25, 0.3) is 0 Å². The van der Waals surface area contributed by atoms with Crippen LogP contribution in [0.3, 0.4) is 0 Å². The van der Waals surface area contributed by atoms with E-state index in [-0.39, 0.29) is 0 Å². The van der Waals surface area contributed by atoms with Crippen molar-refractivity contribution in [2.24, 2.45) is 0 Å². The maximum absolute atomic E-state index is 5.97. The first-order chi connectivity index (χ1) is 9.97. The van der Waals surface area contributed by atoms with Crippen molar-refractivity contribution in [3.05, 3.63) is 34.9 Å². The Hall–Kier alpha value is -0.610. The summed E-state index contributed by atoms with van der Waals surface area (Å²) in [6.07, 6.45) is 1.10. The SMILES string of the molecule is CCN(CCC(NC)c1ccc(Cl)cc1)C(C)CN(C)C. The van der Waals surface area contributed by atoms with Gasteiger partial charge in [0.05, 0.1) is 0 Å². The van der Waals surface area contributed by atoms with E-state index in [1.807, 2.05) is 19.2 Å². The number of nitrogens with zero attached hydrogens (tertiary/aromatic N) is 2. The van der Waals surface area contributed by atoms with E-state index in [0.717, 1.165) is 31.1 Å². The minimum atomic E-state index is 0.378. The van der Waals surface area contributed by atoms with Crippen LogP contribution in [-0.4, -0.2) is 56.6 Å². The fourth-order valence-corrected chi connectivity index (χ4v) is 2.93. The Kier molecular flexibility index (Phi) is 8.27. The molecule has 3 nitrogen and oxygen atoms in total. The molecule has 2 unspecified atom stereocenters. The van der Waals surface area contributed by atoms with Gasteiger partial charge in [0.1, 0.15) is 0 Å². The van der Waals surface area contributed by atoms with Crippen LogP contribution < -0.4 is 5.32 Å². The second kappa shape index (κ2) is 9.42. The predicted octanol–water partition coefficient (Wildman–Crippen LogP) is 3.26. The van der Waals surface area contributed by atoms with E-state index in [9.17, 15) is 0 Å². The Labute approximate surface area is 135 Å². The fourth-order valence-electron chi connectivity index (χ4n) is 2.80. The first kappa shape index (κ1) is 18.4. The molecule has 0 saturated heterocycles. The Morgan fingerprint density at radius 2 is 1.81 bits per heavy atom. The maximum atomic E-state index is 5.97. The van der Waals surface area contributed by atoms with Gasteiger partial charge in [-0.3, -0.25) is 4.90 Å². The molecule has 0 heterocycles. The molecule has 0 aliphatic rings. The predicted molar refractivity (Wildman–Crippen MR) is 93.1 cm³/mol.